The number of carbonyl (C=O) groups is 1. The highest BCUT2D eigenvalue weighted by Gasteiger charge is 2.35. The molecular formula is C29H25ClN2O5S. The van der Waals surface area contributed by atoms with E-state index < -0.39 is 12.0 Å². The van der Waals surface area contributed by atoms with Gasteiger partial charge in [-0.1, -0.05) is 41.1 Å². The molecule has 7 nitrogen and oxygen atoms in total. The molecule has 3 heterocycles. The fraction of sp³-hybridized carbons (Fsp3) is 0.207. The Morgan fingerprint density at radius 2 is 1.97 bits per heavy atom. The van der Waals surface area contributed by atoms with Crippen molar-refractivity contribution in [2.75, 3.05) is 13.7 Å². The van der Waals surface area contributed by atoms with E-state index in [9.17, 15) is 9.59 Å². The molecule has 194 valence electrons. The molecule has 0 saturated heterocycles. The van der Waals surface area contributed by atoms with Crippen LogP contribution in [0.15, 0.2) is 80.1 Å². The number of hydrogen-bond donors (Lipinski definition) is 0. The first-order valence-corrected chi connectivity index (χ1v) is 13.2. The van der Waals surface area contributed by atoms with Crippen molar-refractivity contribution >= 4 is 35.0 Å². The number of allylic oxidation sites excluding steroid dienone is 1. The van der Waals surface area contributed by atoms with Crippen LogP contribution in [0.2, 0.25) is 5.02 Å². The Morgan fingerprint density at radius 1 is 1.18 bits per heavy atom. The third kappa shape index (κ3) is 4.61. The van der Waals surface area contributed by atoms with Gasteiger partial charge in [0.1, 0.15) is 23.3 Å². The summed E-state index contributed by atoms with van der Waals surface area (Å²) in [7, 11) is 1.56. The van der Waals surface area contributed by atoms with Gasteiger partial charge in [-0.2, -0.15) is 0 Å². The lowest BCUT2D eigenvalue weighted by molar-refractivity contribution is -0.139. The summed E-state index contributed by atoms with van der Waals surface area (Å²) in [4.78, 5) is 32.0. The molecule has 0 bridgehead atoms. The minimum atomic E-state index is -0.757. The van der Waals surface area contributed by atoms with Gasteiger partial charge in [0.05, 0.1) is 29.5 Å². The van der Waals surface area contributed by atoms with Crippen LogP contribution in [0, 0.1) is 6.92 Å². The molecule has 2 aromatic carbocycles. The largest absolute Gasteiger partial charge is 0.496 e. The fourth-order valence-corrected chi connectivity index (χ4v) is 5.84. The Bertz CT molecular complexity index is 1760. The molecular weight excluding hydrogens is 524 g/mol. The molecule has 0 unspecified atom stereocenters. The number of aryl methyl sites for hydroxylation is 1. The second-order valence-corrected chi connectivity index (χ2v) is 10.2. The summed E-state index contributed by atoms with van der Waals surface area (Å²) in [5, 5.41) is 0.654. The predicted octanol–water partition coefficient (Wildman–Crippen LogP) is 5.03. The molecule has 1 aliphatic rings. The van der Waals surface area contributed by atoms with Crippen LogP contribution in [-0.4, -0.2) is 24.3 Å². The highest BCUT2D eigenvalue weighted by Crippen LogP contribution is 2.35. The van der Waals surface area contributed by atoms with E-state index >= 15 is 0 Å². The molecule has 0 N–H and O–H groups in total. The number of ether oxygens (including phenoxy) is 2. The van der Waals surface area contributed by atoms with Gasteiger partial charge in [0, 0.05) is 22.2 Å². The van der Waals surface area contributed by atoms with E-state index in [1.54, 1.807) is 33.1 Å². The van der Waals surface area contributed by atoms with E-state index in [-0.39, 0.29) is 12.2 Å². The Hall–Kier alpha value is -3.88. The maximum Gasteiger partial charge on any atom is 0.338 e. The molecule has 0 saturated carbocycles. The number of benzene rings is 2. The van der Waals surface area contributed by atoms with Gasteiger partial charge < -0.3 is 13.9 Å². The van der Waals surface area contributed by atoms with Crippen molar-refractivity contribution < 1.29 is 18.7 Å². The number of hydrogen-bond acceptors (Lipinski definition) is 7. The number of thiazole rings is 1. The van der Waals surface area contributed by atoms with Crippen LogP contribution in [-0.2, 0) is 9.53 Å². The van der Waals surface area contributed by atoms with Crippen LogP contribution >= 0.6 is 22.9 Å². The number of para-hydroxylation sites is 1. The molecule has 1 atom stereocenters. The van der Waals surface area contributed by atoms with Gasteiger partial charge in [0.25, 0.3) is 5.56 Å². The van der Waals surface area contributed by atoms with E-state index in [1.807, 2.05) is 55.5 Å². The number of aromatic nitrogens is 1. The lowest BCUT2D eigenvalue weighted by atomic mass is 9.95. The summed E-state index contributed by atoms with van der Waals surface area (Å²) in [6.07, 6.45) is 1.70. The SMILES string of the molecule is CCOC(=O)C1=C(C)N=c2sc(=Cc3ccc(-c4ccc(Cl)cc4C)o3)c(=O)n2[C@H]1c1ccccc1OC. The Kier molecular flexibility index (Phi) is 7.10. The van der Waals surface area contributed by atoms with Crippen LogP contribution < -0.4 is 19.6 Å². The second-order valence-electron chi connectivity index (χ2n) is 8.71. The first-order chi connectivity index (χ1) is 18.3. The highest BCUT2D eigenvalue weighted by molar-refractivity contribution is 7.07. The number of fused-ring (bicyclic) bond motifs is 1. The summed E-state index contributed by atoms with van der Waals surface area (Å²) in [6, 6.07) is 15.8. The van der Waals surface area contributed by atoms with Crippen LogP contribution in [0.25, 0.3) is 17.4 Å². The van der Waals surface area contributed by atoms with Crippen molar-refractivity contribution in [2.24, 2.45) is 4.99 Å². The third-order valence-electron chi connectivity index (χ3n) is 6.30. The molecule has 0 spiro atoms. The van der Waals surface area contributed by atoms with Gasteiger partial charge in [-0.05, 0) is 62.7 Å². The monoisotopic (exact) mass is 548 g/mol. The number of methoxy groups -OCH3 is 1. The van der Waals surface area contributed by atoms with Gasteiger partial charge in [-0.3, -0.25) is 9.36 Å². The van der Waals surface area contributed by atoms with Crippen molar-refractivity contribution in [3.05, 3.63) is 107 Å². The predicted molar refractivity (Wildman–Crippen MR) is 147 cm³/mol. The number of halogens is 1. The van der Waals surface area contributed by atoms with E-state index in [0.29, 0.717) is 48.5 Å². The molecule has 0 aliphatic carbocycles. The lowest BCUT2D eigenvalue weighted by Gasteiger charge is -2.25. The first-order valence-electron chi connectivity index (χ1n) is 12.0. The van der Waals surface area contributed by atoms with Gasteiger partial charge >= 0.3 is 5.97 Å². The molecule has 1 aliphatic heterocycles. The molecule has 0 amide bonds. The second kappa shape index (κ2) is 10.5. The normalized spacial score (nSPS) is 15.3. The maximum atomic E-state index is 13.8. The van der Waals surface area contributed by atoms with E-state index in [0.717, 1.165) is 11.1 Å². The minimum absolute atomic E-state index is 0.201. The topological polar surface area (TPSA) is 83.0 Å². The Morgan fingerprint density at radius 3 is 2.71 bits per heavy atom. The molecule has 38 heavy (non-hydrogen) atoms. The zero-order valence-corrected chi connectivity index (χ0v) is 22.9. The lowest BCUT2D eigenvalue weighted by Crippen LogP contribution is -2.40. The smallest absolute Gasteiger partial charge is 0.338 e. The summed E-state index contributed by atoms with van der Waals surface area (Å²) >= 11 is 7.33. The zero-order valence-electron chi connectivity index (χ0n) is 21.3. The zero-order chi connectivity index (χ0) is 27.0. The summed E-state index contributed by atoms with van der Waals surface area (Å²) in [6.45, 7) is 5.65. The van der Waals surface area contributed by atoms with Crippen molar-refractivity contribution in [1.29, 1.82) is 0 Å². The van der Waals surface area contributed by atoms with Crippen molar-refractivity contribution in [2.45, 2.75) is 26.8 Å². The first kappa shape index (κ1) is 25.8. The fourth-order valence-electron chi connectivity index (χ4n) is 4.59. The number of rotatable bonds is 6. The van der Waals surface area contributed by atoms with Crippen LogP contribution in [0.1, 0.15) is 36.8 Å². The van der Waals surface area contributed by atoms with Crippen LogP contribution in [0.5, 0.6) is 5.75 Å². The third-order valence-corrected chi connectivity index (χ3v) is 7.52. The van der Waals surface area contributed by atoms with Crippen molar-refractivity contribution in [1.82, 2.24) is 4.57 Å². The van der Waals surface area contributed by atoms with Gasteiger partial charge in [0.15, 0.2) is 4.80 Å². The van der Waals surface area contributed by atoms with E-state index in [1.165, 1.54) is 15.9 Å². The van der Waals surface area contributed by atoms with E-state index in [4.69, 9.17) is 25.5 Å². The standard InChI is InChI=1S/C29H25ClN2O5S/c1-5-36-28(34)25-17(3)31-29-32(26(25)21-8-6-7-9-22(21)35-4)27(33)24(38-29)15-19-11-13-23(37-19)20-12-10-18(30)14-16(20)2/h6-15,26H,5H2,1-4H3/t26-/m0/s1. The summed E-state index contributed by atoms with van der Waals surface area (Å²) in [5.74, 6) is 1.23. The number of furan rings is 1. The highest BCUT2D eigenvalue weighted by atomic mass is 35.5. The molecule has 0 fully saturated rings. The van der Waals surface area contributed by atoms with Gasteiger partial charge in [-0.25, -0.2) is 9.79 Å². The average molecular weight is 549 g/mol. The number of nitrogens with zero attached hydrogens (tertiary/aromatic N) is 2. The molecule has 5 rings (SSSR count). The average Bonchev–Trinajstić information content (AvgIpc) is 3.47. The molecule has 0 radical (unpaired) electrons. The Balaban J connectivity index is 1.66. The number of esters is 1. The Labute approximate surface area is 227 Å². The van der Waals surface area contributed by atoms with E-state index in [2.05, 4.69) is 4.99 Å². The van der Waals surface area contributed by atoms with Gasteiger partial charge in [-0.15, -0.1) is 0 Å². The van der Waals surface area contributed by atoms with Crippen molar-refractivity contribution in [3.63, 3.8) is 0 Å². The van der Waals surface area contributed by atoms with Gasteiger partial charge in [0.2, 0.25) is 0 Å². The molecule has 4 aromatic rings. The van der Waals surface area contributed by atoms with Crippen LogP contribution in [0.3, 0.4) is 0 Å². The summed E-state index contributed by atoms with van der Waals surface area (Å²) < 4.78 is 19.0. The quantitative estimate of drug-likeness (QED) is 0.316. The minimum Gasteiger partial charge on any atom is -0.496 e. The van der Waals surface area contributed by atoms with Crippen molar-refractivity contribution in [3.8, 4) is 17.1 Å². The summed E-state index contributed by atoms with van der Waals surface area (Å²) in [5.41, 5.74) is 3.07. The molecule has 9 heteroatoms. The molecule has 2 aromatic heterocycles. The maximum absolute atomic E-state index is 13.8. The number of carbonyl (C=O) groups excluding carboxylic acids is 1. The van der Waals surface area contributed by atoms with Crippen LogP contribution in [0.4, 0.5) is 0 Å².